The Morgan fingerprint density at radius 1 is 1.16 bits per heavy atom. The number of amides is 1. The maximum absolute atomic E-state index is 12.5. The van der Waals surface area contributed by atoms with Crippen LogP contribution in [0.4, 0.5) is 5.69 Å². The van der Waals surface area contributed by atoms with E-state index in [1.807, 2.05) is 44.2 Å². The van der Waals surface area contributed by atoms with E-state index in [4.69, 9.17) is 9.15 Å². The first-order chi connectivity index (χ1) is 12.1. The van der Waals surface area contributed by atoms with Gasteiger partial charge in [0, 0.05) is 5.69 Å². The Kier molecular flexibility index (Phi) is 4.79. The van der Waals surface area contributed by atoms with Gasteiger partial charge in [0.05, 0.1) is 12.7 Å². The molecule has 1 amide bonds. The minimum atomic E-state index is -0.433. The fourth-order valence-electron chi connectivity index (χ4n) is 2.61. The molecule has 0 fully saturated rings. The molecule has 0 saturated heterocycles. The highest BCUT2D eigenvalue weighted by atomic mass is 16.5. The summed E-state index contributed by atoms with van der Waals surface area (Å²) in [4.78, 5) is 12.5. The summed E-state index contributed by atoms with van der Waals surface area (Å²) in [6.07, 6.45) is 0.813. The van der Waals surface area contributed by atoms with Crippen molar-refractivity contribution in [2.45, 2.75) is 20.3 Å². The van der Waals surface area contributed by atoms with Crippen LogP contribution in [0.25, 0.3) is 11.5 Å². The van der Waals surface area contributed by atoms with Gasteiger partial charge in [-0.05, 0) is 36.6 Å². The molecule has 0 atom stereocenters. The average molecular weight is 337 g/mol. The third-order valence-electron chi connectivity index (χ3n) is 3.94. The van der Waals surface area contributed by atoms with E-state index in [2.05, 4.69) is 15.5 Å². The van der Waals surface area contributed by atoms with Crippen molar-refractivity contribution in [3.05, 3.63) is 59.5 Å². The second kappa shape index (κ2) is 7.17. The Labute approximate surface area is 145 Å². The van der Waals surface area contributed by atoms with E-state index in [0.717, 1.165) is 23.2 Å². The van der Waals surface area contributed by atoms with Gasteiger partial charge >= 0.3 is 11.8 Å². The van der Waals surface area contributed by atoms with Crippen molar-refractivity contribution < 1.29 is 13.9 Å². The number of benzene rings is 2. The van der Waals surface area contributed by atoms with Gasteiger partial charge in [-0.25, -0.2) is 0 Å². The van der Waals surface area contributed by atoms with Crippen LogP contribution in [0.2, 0.25) is 0 Å². The Balaban J connectivity index is 1.87. The van der Waals surface area contributed by atoms with Gasteiger partial charge in [-0.15, -0.1) is 10.2 Å². The van der Waals surface area contributed by atoms with Gasteiger partial charge in [-0.1, -0.05) is 37.3 Å². The van der Waals surface area contributed by atoms with E-state index in [-0.39, 0.29) is 11.8 Å². The minimum absolute atomic E-state index is 0.0915. The molecule has 0 unspecified atom stereocenters. The molecule has 0 bridgehead atoms. The summed E-state index contributed by atoms with van der Waals surface area (Å²) in [6.45, 7) is 3.99. The van der Waals surface area contributed by atoms with Gasteiger partial charge in [-0.3, -0.25) is 4.79 Å². The van der Waals surface area contributed by atoms with E-state index in [1.54, 1.807) is 19.2 Å². The Morgan fingerprint density at radius 3 is 2.72 bits per heavy atom. The van der Waals surface area contributed by atoms with Crippen LogP contribution in [0.15, 0.2) is 46.9 Å². The van der Waals surface area contributed by atoms with Crippen molar-refractivity contribution in [2.24, 2.45) is 0 Å². The molecule has 6 heteroatoms. The normalized spacial score (nSPS) is 10.5. The maximum Gasteiger partial charge on any atom is 0.313 e. The van der Waals surface area contributed by atoms with Crippen LogP contribution in [-0.2, 0) is 6.42 Å². The zero-order chi connectivity index (χ0) is 17.8. The lowest BCUT2D eigenvalue weighted by molar-refractivity contribution is 0.0990. The number of carbonyl (C=O) groups excluding carboxylic acids is 1. The summed E-state index contributed by atoms with van der Waals surface area (Å²) in [6, 6.07) is 13.2. The minimum Gasteiger partial charge on any atom is -0.496 e. The van der Waals surface area contributed by atoms with Crippen molar-refractivity contribution in [3.8, 4) is 17.2 Å². The number of para-hydroxylation sites is 2. The molecular formula is C19H19N3O3. The van der Waals surface area contributed by atoms with Gasteiger partial charge in [0.15, 0.2) is 0 Å². The highest BCUT2D eigenvalue weighted by molar-refractivity contribution is 6.02. The van der Waals surface area contributed by atoms with Crippen molar-refractivity contribution in [1.82, 2.24) is 10.2 Å². The lowest BCUT2D eigenvalue weighted by Crippen LogP contribution is -2.14. The number of ether oxygens (including phenoxy) is 1. The topological polar surface area (TPSA) is 77.2 Å². The molecule has 1 N–H and O–H groups in total. The van der Waals surface area contributed by atoms with Gasteiger partial charge in [0.1, 0.15) is 5.75 Å². The van der Waals surface area contributed by atoms with Crippen molar-refractivity contribution >= 4 is 11.6 Å². The number of nitrogens with one attached hydrogen (secondary N) is 1. The molecule has 1 heterocycles. The summed E-state index contributed by atoms with van der Waals surface area (Å²) < 4.78 is 10.8. The van der Waals surface area contributed by atoms with Gasteiger partial charge < -0.3 is 14.5 Å². The highest BCUT2D eigenvalue weighted by Crippen LogP contribution is 2.28. The zero-order valence-electron chi connectivity index (χ0n) is 14.4. The Hall–Kier alpha value is -3.15. The molecule has 0 spiro atoms. The molecule has 1 aromatic heterocycles. The summed E-state index contributed by atoms with van der Waals surface area (Å²) in [5, 5.41) is 10.7. The lowest BCUT2D eigenvalue weighted by atomic mass is 10.1. The predicted molar refractivity (Wildman–Crippen MR) is 94.8 cm³/mol. The fraction of sp³-hybridized carbons (Fsp3) is 0.211. The number of methoxy groups -OCH3 is 1. The van der Waals surface area contributed by atoms with Crippen LogP contribution in [0.1, 0.15) is 28.7 Å². The molecular weight excluding hydrogens is 318 g/mol. The summed E-state index contributed by atoms with van der Waals surface area (Å²) in [5.74, 6) is 0.317. The number of aromatic nitrogens is 2. The molecule has 0 aliphatic rings. The first-order valence-corrected chi connectivity index (χ1v) is 8.00. The number of nitrogens with zero attached hydrogens (tertiary/aromatic N) is 2. The second-order valence-corrected chi connectivity index (χ2v) is 5.53. The smallest absolute Gasteiger partial charge is 0.313 e. The van der Waals surface area contributed by atoms with Gasteiger partial charge in [-0.2, -0.15) is 0 Å². The lowest BCUT2D eigenvalue weighted by Gasteiger charge is -2.11. The third-order valence-corrected chi connectivity index (χ3v) is 3.94. The third kappa shape index (κ3) is 3.38. The molecule has 6 nitrogen and oxygen atoms in total. The van der Waals surface area contributed by atoms with E-state index < -0.39 is 5.91 Å². The van der Waals surface area contributed by atoms with Gasteiger partial charge in [0.2, 0.25) is 0 Å². The molecule has 0 aliphatic carbocycles. The van der Waals surface area contributed by atoms with E-state index >= 15 is 0 Å². The monoisotopic (exact) mass is 337 g/mol. The van der Waals surface area contributed by atoms with Crippen molar-refractivity contribution in [3.63, 3.8) is 0 Å². The van der Waals surface area contributed by atoms with Gasteiger partial charge in [0.25, 0.3) is 5.89 Å². The average Bonchev–Trinajstić information content (AvgIpc) is 3.13. The molecule has 2 aromatic carbocycles. The number of carbonyl (C=O) groups is 1. The molecule has 3 aromatic rings. The van der Waals surface area contributed by atoms with Crippen molar-refractivity contribution in [2.75, 3.05) is 12.4 Å². The zero-order valence-corrected chi connectivity index (χ0v) is 14.4. The van der Waals surface area contributed by atoms with Crippen LogP contribution in [-0.4, -0.2) is 23.2 Å². The molecule has 0 aliphatic heterocycles. The summed E-state index contributed by atoms with van der Waals surface area (Å²) in [5.41, 5.74) is 3.46. The van der Waals surface area contributed by atoms with Crippen LogP contribution >= 0.6 is 0 Å². The molecule has 0 radical (unpaired) electrons. The van der Waals surface area contributed by atoms with E-state index in [1.165, 1.54) is 0 Å². The maximum atomic E-state index is 12.5. The standard InChI is InChI=1S/C19H19N3O3/c1-4-13-9-7-8-12(2)16(13)20-17(23)19-22-21-18(25-19)14-10-5-6-11-15(14)24-3/h5-11H,4H2,1-3H3,(H,20,23). The number of aryl methyl sites for hydroxylation is 2. The molecule has 25 heavy (non-hydrogen) atoms. The predicted octanol–water partition coefficient (Wildman–Crippen LogP) is 3.87. The molecule has 0 saturated carbocycles. The van der Waals surface area contributed by atoms with E-state index in [0.29, 0.717) is 11.3 Å². The first kappa shape index (κ1) is 16.7. The number of anilines is 1. The second-order valence-electron chi connectivity index (χ2n) is 5.53. The van der Waals surface area contributed by atoms with Crippen LogP contribution in [0.5, 0.6) is 5.75 Å². The molecule has 128 valence electrons. The summed E-state index contributed by atoms with van der Waals surface area (Å²) in [7, 11) is 1.56. The first-order valence-electron chi connectivity index (χ1n) is 8.00. The fourth-order valence-corrected chi connectivity index (χ4v) is 2.61. The van der Waals surface area contributed by atoms with Crippen LogP contribution in [0.3, 0.4) is 0 Å². The molecule has 3 rings (SSSR count). The summed E-state index contributed by atoms with van der Waals surface area (Å²) >= 11 is 0. The van der Waals surface area contributed by atoms with Crippen molar-refractivity contribution in [1.29, 1.82) is 0 Å². The van der Waals surface area contributed by atoms with Crippen LogP contribution in [0, 0.1) is 6.92 Å². The Bertz CT molecular complexity index is 902. The number of rotatable bonds is 5. The number of hydrogen-bond donors (Lipinski definition) is 1. The van der Waals surface area contributed by atoms with Crippen LogP contribution < -0.4 is 10.1 Å². The van der Waals surface area contributed by atoms with E-state index in [9.17, 15) is 4.79 Å². The highest BCUT2D eigenvalue weighted by Gasteiger charge is 2.19. The largest absolute Gasteiger partial charge is 0.496 e. The number of hydrogen-bond acceptors (Lipinski definition) is 5. The quantitative estimate of drug-likeness (QED) is 0.765. The Morgan fingerprint density at radius 2 is 1.96 bits per heavy atom. The SMILES string of the molecule is CCc1cccc(C)c1NC(=O)c1nnc(-c2ccccc2OC)o1.